The fraction of sp³-hybridized carbons (Fsp3) is 0.800. The van der Waals surface area contributed by atoms with Crippen molar-refractivity contribution in [1.29, 1.82) is 0 Å². The Labute approximate surface area is 70.1 Å². The van der Waals surface area contributed by atoms with E-state index in [1.165, 1.54) is 38.8 Å². The molecule has 0 N–H and O–H groups in total. The molecule has 0 bridgehead atoms. The van der Waals surface area contributed by atoms with Gasteiger partial charge in [-0.3, -0.25) is 0 Å². The van der Waals surface area contributed by atoms with Gasteiger partial charge in [0, 0.05) is 6.54 Å². The summed E-state index contributed by atoms with van der Waals surface area (Å²) in [6.45, 7) is 4.70. The molecule has 1 heterocycles. The molecule has 1 heteroatoms. The molecule has 1 aliphatic heterocycles. The van der Waals surface area contributed by atoms with Crippen molar-refractivity contribution in [3.63, 3.8) is 0 Å². The smallest absolute Gasteiger partial charge is 0.00155 e. The predicted octanol–water partition coefficient (Wildman–Crippen LogP) is 2.44. The molecule has 1 saturated heterocycles. The average molecular weight is 153 g/mol. The largest absolute Gasteiger partial charge is 0.306 e. The molecule has 1 nitrogen and oxygen atoms in total. The van der Waals surface area contributed by atoms with Gasteiger partial charge in [-0.05, 0) is 46.2 Å². The fourth-order valence-electron chi connectivity index (χ4n) is 1.59. The molecule has 0 amide bonds. The van der Waals surface area contributed by atoms with Crippen LogP contribution in [0.25, 0.3) is 0 Å². The monoisotopic (exact) mass is 153 g/mol. The SMILES string of the molecule is CC=C1CCCCN(C)CC1. The van der Waals surface area contributed by atoms with Gasteiger partial charge >= 0.3 is 0 Å². The van der Waals surface area contributed by atoms with Gasteiger partial charge in [-0.15, -0.1) is 0 Å². The average Bonchev–Trinajstić information content (AvgIpc) is 1.98. The molecular weight excluding hydrogens is 134 g/mol. The zero-order valence-corrected chi connectivity index (χ0v) is 7.77. The number of hydrogen-bond donors (Lipinski definition) is 0. The molecule has 1 aliphatic rings. The number of nitrogens with zero attached hydrogens (tertiary/aromatic N) is 1. The zero-order valence-electron chi connectivity index (χ0n) is 7.77. The number of hydrogen-bond acceptors (Lipinski definition) is 1. The van der Waals surface area contributed by atoms with Gasteiger partial charge in [0.25, 0.3) is 0 Å². The van der Waals surface area contributed by atoms with Crippen molar-refractivity contribution in [2.45, 2.75) is 32.6 Å². The Bertz CT molecular complexity index is 138. The van der Waals surface area contributed by atoms with Crippen molar-refractivity contribution in [2.24, 2.45) is 0 Å². The minimum atomic E-state index is 1.25. The van der Waals surface area contributed by atoms with Crippen LogP contribution in [0.15, 0.2) is 11.6 Å². The molecule has 11 heavy (non-hydrogen) atoms. The van der Waals surface area contributed by atoms with Gasteiger partial charge in [-0.1, -0.05) is 11.6 Å². The normalized spacial score (nSPS) is 26.5. The van der Waals surface area contributed by atoms with Gasteiger partial charge in [-0.2, -0.15) is 0 Å². The number of allylic oxidation sites excluding steroid dienone is 1. The summed E-state index contributed by atoms with van der Waals surface area (Å²) in [6.07, 6.45) is 7.66. The van der Waals surface area contributed by atoms with Crippen LogP contribution in [0.3, 0.4) is 0 Å². The second kappa shape index (κ2) is 4.55. The van der Waals surface area contributed by atoms with E-state index in [0.717, 1.165) is 0 Å². The molecular formula is C10H19N. The first-order valence-electron chi connectivity index (χ1n) is 4.65. The number of likely N-dealkylation sites (tertiary alicyclic amines) is 1. The van der Waals surface area contributed by atoms with Crippen LogP contribution in [-0.4, -0.2) is 25.0 Å². The first-order valence-corrected chi connectivity index (χ1v) is 4.65. The maximum Gasteiger partial charge on any atom is 0.00155 e. The topological polar surface area (TPSA) is 3.24 Å². The fourth-order valence-corrected chi connectivity index (χ4v) is 1.59. The van der Waals surface area contributed by atoms with Crippen LogP contribution >= 0.6 is 0 Å². The highest BCUT2D eigenvalue weighted by molar-refractivity contribution is 5.01. The van der Waals surface area contributed by atoms with Crippen LogP contribution < -0.4 is 0 Å². The van der Waals surface area contributed by atoms with E-state index in [1.54, 1.807) is 5.57 Å². The van der Waals surface area contributed by atoms with Crippen molar-refractivity contribution >= 4 is 0 Å². The highest BCUT2D eigenvalue weighted by Gasteiger charge is 2.05. The van der Waals surface area contributed by atoms with Crippen molar-refractivity contribution in [3.8, 4) is 0 Å². The highest BCUT2D eigenvalue weighted by atomic mass is 15.1. The molecule has 0 aliphatic carbocycles. The van der Waals surface area contributed by atoms with E-state index in [1.807, 2.05) is 0 Å². The summed E-state index contributed by atoms with van der Waals surface area (Å²) in [7, 11) is 2.22. The quantitative estimate of drug-likeness (QED) is 0.483. The van der Waals surface area contributed by atoms with E-state index in [-0.39, 0.29) is 0 Å². The standard InChI is InChI=1S/C10H19N/c1-3-10-6-4-5-8-11(2)9-7-10/h3H,4-9H2,1-2H3. The predicted molar refractivity (Wildman–Crippen MR) is 49.7 cm³/mol. The maximum atomic E-state index is 2.43. The summed E-state index contributed by atoms with van der Waals surface area (Å²) >= 11 is 0. The third-order valence-electron chi connectivity index (χ3n) is 2.51. The van der Waals surface area contributed by atoms with Crippen LogP contribution in [-0.2, 0) is 0 Å². The van der Waals surface area contributed by atoms with Gasteiger partial charge in [0.05, 0.1) is 0 Å². The Kier molecular flexibility index (Phi) is 3.64. The Hall–Kier alpha value is -0.300. The van der Waals surface area contributed by atoms with Crippen molar-refractivity contribution in [2.75, 3.05) is 20.1 Å². The minimum absolute atomic E-state index is 1.25. The van der Waals surface area contributed by atoms with Gasteiger partial charge in [0.15, 0.2) is 0 Å². The lowest BCUT2D eigenvalue weighted by Gasteiger charge is -2.20. The summed E-state index contributed by atoms with van der Waals surface area (Å²) in [5.41, 5.74) is 1.65. The molecule has 64 valence electrons. The van der Waals surface area contributed by atoms with Gasteiger partial charge in [0.1, 0.15) is 0 Å². The van der Waals surface area contributed by atoms with Crippen LogP contribution in [0, 0.1) is 0 Å². The Balaban J connectivity index is 2.38. The third kappa shape index (κ3) is 3.06. The highest BCUT2D eigenvalue weighted by Crippen LogP contribution is 2.15. The van der Waals surface area contributed by atoms with Crippen LogP contribution in [0.1, 0.15) is 32.6 Å². The Morgan fingerprint density at radius 2 is 2.00 bits per heavy atom. The third-order valence-corrected chi connectivity index (χ3v) is 2.51. The first kappa shape index (κ1) is 8.79. The van der Waals surface area contributed by atoms with Crippen molar-refractivity contribution < 1.29 is 0 Å². The molecule has 0 atom stereocenters. The molecule has 0 aromatic carbocycles. The molecule has 0 radical (unpaired) electrons. The van der Waals surface area contributed by atoms with Crippen LogP contribution in [0.5, 0.6) is 0 Å². The van der Waals surface area contributed by atoms with Crippen LogP contribution in [0.4, 0.5) is 0 Å². The van der Waals surface area contributed by atoms with Gasteiger partial charge < -0.3 is 4.90 Å². The molecule has 0 spiro atoms. The summed E-state index contributed by atoms with van der Waals surface area (Å²) < 4.78 is 0. The van der Waals surface area contributed by atoms with Crippen LogP contribution in [0.2, 0.25) is 0 Å². The summed E-state index contributed by atoms with van der Waals surface area (Å²) in [4.78, 5) is 2.43. The van der Waals surface area contributed by atoms with Gasteiger partial charge in [0.2, 0.25) is 0 Å². The lowest BCUT2D eigenvalue weighted by molar-refractivity contribution is 0.317. The van der Waals surface area contributed by atoms with Crippen molar-refractivity contribution in [1.82, 2.24) is 4.90 Å². The molecule has 0 unspecified atom stereocenters. The van der Waals surface area contributed by atoms with E-state index in [9.17, 15) is 0 Å². The second-order valence-corrected chi connectivity index (χ2v) is 3.46. The maximum absolute atomic E-state index is 2.43. The lowest BCUT2D eigenvalue weighted by atomic mass is 10.0. The summed E-state index contributed by atoms with van der Waals surface area (Å²) in [5, 5.41) is 0. The zero-order chi connectivity index (χ0) is 8.10. The first-order chi connectivity index (χ1) is 5.33. The molecule has 0 aromatic rings. The van der Waals surface area contributed by atoms with E-state index in [2.05, 4.69) is 24.9 Å². The lowest BCUT2D eigenvalue weighted by Crippen LogP contribution is -2.22. The molecule has 1 rings (SSSR count). The van der Waals surface area contributed by atoms with E-state index < -0.39 is 0 Å². The molecule has 0 saturated carbocycles. The minimum Gasteiger partial charge on any atom is -0.306 e. The van der Waals surface area contributed by atoms with E-state index in [0.29, 0.717) is 0 Å². The van der Waals surface area contributed by atoms with Crippen molar-refractivity contribution in [3.05, 3.63) is 11.6 Å². The molecule has 1 fully saturated rings. The van der Waals surface area contributed by atoms with E-state index in [4.69, 9.17) is 0 Å². The van der Waals surface area contributed by atoms with E-state index >= 15 is 0 Å². The molecule has 0 aromatic heterocycles. The summed E-state index contributed by atoms with van der Waals surface area (Å²) in [5.74, 6) is 0. The Morgan fingerprint density at radius 3 is 2.73 bits per heavy atom. The second-order valence-electron chi connectivity index (χ2n) is 3.46. The number of rotatable bonds is 0. The summed E-state index contributed by atoms with van der Waals surface area (Å²) in [6, 6.07) is 0. The van der Waals surface area contributed by atoms with Gasteiger partial charge in [-0.25, -0.2) is 0 Å². The Morgan fingerprint density at radius 1 is 1.18 bits per heavy atom.